The van der Waals surface area contributed by atoms with E-state index in [0.29, 0.717) is 49.8 Å². The number of aliphatic hydroxyl groups is 2. The fourth-order valence-electron chi connectivity index (χ4n) is 10.6. The Labute approximate surface area is 399 Å². The van der Waals surface area contributed by atoms with Crippen molar-refractivity contribution in [2.75, 3.05) is 40.1 Å². The van der Waals surface area contributed by atoms with Crippen LogP contribution in [0.5, 0.6) is 11.5 Å². The van der Waals surface area contributed by atoms with Crippen molar-refractivity contribution in [3.8, 4) is 11.5 Å². The molecule has 0 radical (unpaired) electrons. The maximum absolute atomic E-state index is 14.3. The third-order valence-electron chi connectivity index (χ3n) is 14.0. The minimum Gasteiger partial charge on any atom is -0.459 e. The van der Waals surface area contributed by atoms with Crippen LogP contribution in [0.2, 0.25) is 0 Å². The van der Waals surface area contributed by atoms with Crippen molar-refractivity contribution in [2.24, 2.45) is 22.9 Å². The van der Waals surface area contributed by atoms with Gasteiger partial charge in [0, 0.05) is 51.1 Å². The van der Waals surface area contributed by atoms with Gasteiger partial charge < -0.3 is 49.0 Å². The number of carbonyl (C=O) groups is 2. The summed E-state index contributed by atoms with van der Waals surface area (Å²) in [5.74, 6) is -1.25. The Morgan fingerprint density at radius 3 is 2.36 bits per heavy atom. The molecule has 4 aliphatic rings. The van der Waals surface area contributed by atoms with Gasteiger partial charge in [-0.25, -0.2) is 9.59 Å². The monoisotopic (exact) mass is 930 g/mol. The maximum atomic E-state index is 14.3. The summed E-state index contributed by atoms with van der Waals surface area (Å²) in [4.78, 5) is 35.4. The molecule has 0 bridgehead atoms. The van der Waals surface area contributed by atoms with E-state index in [4.69, 9.17) is 33.7 Å². The molecule has 6 rings (SSSR count). The number of carbonyl (C=O) groups excluding carboxylic acids is 2. The van der Waals surface area contributed by atoms with Gasteiger partial charge in [-0.2, -0.15) is 0 Å². The molecule has 7 atom stereocenters. The summed E-state index contributed by atoms with van der Waals surface area (Å²) in [5.41, 5.74) is 3.40. The first-order valence-corrected chi connectivity index (χ1v) is 25.6. The van der Waals surface area contributed by atoms with Crippen LogP contribution in [0.25, 0.3) is 0 Å². The predicted molar refractivity (Wildman–Crippen MR) is 260 cm³/mol. The van der Waals surface area contributed by atoms with Crippen LogP contribution in [0.4, 0.5) is 9.59 Å². The SMILES string of the molecule is C=CCO[C@@]12Oc3ccc(OC(=O)NCc4ccccc4)cc3[C@H]3[C@H](CCCCO)[C@@H](CCCCO)C=C(C(=NOC4CCCCO4)C[C@@H]1N(C)C(=O)OCCCCCCCCCCCC)[C@H]32. The average molecular weight is 930 g/mol. The molecular formula is C54H79N3O10. The van der Waals surface area contributed by atoms with Crippen molar-refractivity contribution >= 4 is 17.9 Å². The van der Waals surface area contributed by atoms with Crippen LogP contribution >= 0.6 is 0 Å². The topological polar surface area (TPSA) is 158 Å². The largest absolute Gasteiger partial charge is 0.459 e. The highest BCUT2D eigenvalue weighted by Crippen LogP contribution is 2.62. The van der Waals surface area contributed by atoms with Gasteiger partial charge in [-0.1, -0.05) is 125 Å². The van der Waals surface area contributed by atoms with E-state index >= 15 is 0 Å². The van der Waals surface area contributed by atoms with Gasteiger partial charge in [-0.3, -0.25) is 0 Å². The first-order valence-electron chi connectivity index (χ1n) is 25.6. The van der Waals surface area contributed by atoms with Crippen molar-refractivity contribution < 1.29 is 48.3 Å². The molecule has 13 heteroatoms. The van der Waals surface area contributed by atoms with Crippen molar-refractivity contribution in [3.05, 3.63) is 84.0 Å². The Bertz CT molecular complexity index is 1890. The number of ether oxygens (including phenoxy) is 5. The van der Waals surface area contributed by atoms with E-state index < -0.39 is 36.2 Å². The molecule has 1 saturated heterocycles. The number of allylic oxidation sites excluding steroid dienone is 1. The van der Waals surface area contributed by atoms with E-state index in [2.05, 4.69) is 24.9 Å². The molecule has 2 fully saturated rings. The molecular weight excluding hydrogens is 851 g/mol. The van der Waals surface area contributed by atoms with Crippen LogP contribution in [0.3, 0.4) is 0 Å². The van der Waals surface area contributed by atoms with E-state index in [9.17, 15) is 19.8 Å². The number of likely N-dealkylation sites (N-methyl/N-ethyl adjacent to an activating group) is 1. The zero-order valence-corrected chi connectivity index (χ0v) is 40.4. The molecule has 0 aromatic heterocycles. The molecule has 13 nitrogen and oxygen atoms in total. The summed E-state index contributed by atoms with van der Waals surface area (Å²) in [6, 6.07) is 14.4. The van der Waals surface area contributed by atoms with Crippen molar-refractivity contribution in [1.29, 1.82) is 0 Å². The van der Waals surface area contributed by atoms with Gasteiger partial charge in [0.1, 0.15) is 17.5 Å². The van der Waals surface area contributed by atoms with E-state index in [1.165, 1.54) is 44.9 Å². The molecule has 2 aliphatic heterocycles. The molecule has 2 aromatic rings. The van der Waals surface area contributed by atoms with Crippen LogP contribution in [0.1, 0.15) is 152 Å². The van der Waals surface area contributed by atoms with E-state index in [-0.39, 0.29) is 44.0 Å². The van der Waals surface area contributed by atoms with E-state index in [1.54, 1.807) is 24.1 Å². The lowest BCUT2D eigenvalue weighted by Crippen LogP contribution is -2.69. The number of hydrogen-bond donors (Lipinski definition) is 3. The number of hydrogen-bond acceptors (Lipinski definition) is 11. The molecule has 370 valence electrons. The number of amides is 2. The van der Waals surface area contributed by atoms with E-state index in [0.717, 1.165) is 80.9 Å². The summed E-state index contributed by atoms with van der Waals surface area (Å²) in [6.45, 7) is 7.79. The predicted octanol–water partition coefficient (Wildman–Crippen LogP) is 11.1. The highest BCUT2D eigenvalue weighted by atomic mass is 16.8. The van der Waals surface area contributed by atoms with Gasteiger partial charge >= 0.3 is 12.2 Å². The summed E-state index contributed by atoms with van der Waals surface area (Å²) in [7, 11) is 1.75. The van der Waals surface area contributed by atoms with Gasteiger partial charge in [-0.05, 0) is 86.1 Å². The molecule has 1 saturated carbocycles. The van der Waals surface area contributed by atoms with Crippen molar-refractivity contribution in [3.63, 3.8) is 0 Å². The highest BCUT2D eigenvalue weighted by molar-refractivity contribution is 6.03. The first kappa shape index (κ1) is 52.0. The minimum absolute atomic E-state index is 0.00620. The molecule has 2 heterocycles. The number of benzene rings is 2. The Kier molecular flexibility index (Phi) is 21.4. The second kappa shape index (κ2) is 27.5. The smallest absolute Gasteiger partial charge is 0.412 e. The average Bonchev–Trinajstić information content (AvgIpc) is 3.35. The Morgan fingerprint density at radius 1 is 0.925 bits per heavy atom. The number of fused-ring (bicyclic) bond motifs is 2. The van der Waals surface area contributed by atoms with Gasteiger partial charge in [0.25, 0.3) is 0 Å². The van der Waals surface area contributed by atoms with Gasteiger partial charge in [0.15, 0.2) is 0 Å². The minimum atomic E-state index is -1.43. The number of nitrogens with zero attached hydrogens (tertiary/aromatic N) is 2. The maximum Gasteiger partial charge on any atom is 0.412 e. The van der Waals surface area contributed by atoms with E-state index in [1.807, 2.05) is 42.5 Å². The summed E-state index contributed by atoms with van der Waals surface area (Å²) < 4.78 is 32.2. The van der Waals surface area contributed by atoms with Crippen LogP contribution < -0.4 is 14.8 Å². The van der Waals surface area contributed by atoms with Crippen LogP contribution in [0, 0.1) is 17.8 Å². The quantitative estimate of drug-likeness (QED) is 0.0426. The number of unbranched alkanes of at least 4 members (excludes halogenated alkanes) is 11. The zero-order chi connectivity index (χ0) is 47.3. The normalized spacial score (nSPS) is 24.7. The van der Waals surface area contributed by atoms with Gasteiger partial charge in [0.2, 0.25) is 12.1 Å². The third-order valence-corrected chi connectivity index (χ3v) is 14.0. The molecule has 3 N–H and O–H groups in total. The zero-order valence-electron chi connectivity index (χ0n) is 40.4. The lowest BCUT2D eigenvalue weighted by Gasteiger charge is -2.59. The number of rotatable bonds is 28. The summed E-state index contributed by atoms with van der Waals surface area (Å²) in [6.07, 6.45) is 21.6. The summed E-state index contributed by atoms with van der Waals surface area (Å²) >= 11 is 0. The Hall–Kier alpha value is -4.43. The third kappa shape index (κ3) is 14.3. The molecule has 2 aliphatic carbocycles. The second-order valence-corrected chi connectivity index (χ2v) is 18.8. The standard InChI is InChI=1S/C54H79N3O10/c1-4-6-7-8-9-10-11-12-13-22-35-63-53(61)57(3)48-38-46(56-67-49-28-19-23-34-62-49)44-36-41(26-17-20-31-58)43(27-18-21-32-59)50-45-37-42(65-52(60)55-39-40-24-15-14-16-25-40)29-30-47(45)66-54(48,51(44)50)64-33-5-2/h5,14-16,24-25,29-30,36-37,41,43,48-51,58-59H,2,4,6-13,17-23,26-28,31-35,38-39H2,1,3H3,(H,55,60)/t41-,43+,48-,49?,50+,51+,54+/m0/s1. The molecule has 0 spiro atoms. The lowest BCUT2D eigenvalue weighted by molar-refractivity contribution is -0.254. The van der Waals surface area contributed by atoms with Gasteiger partial charge in [-0.15, -0.1) is 6.58 Å². The number of oxime groups is 1. The van der Waals surface area contributed by atoms with Crippen LogP contribution in [0.15, 0.2) is 78.0 Å². The Morgan fingerprint density at radius 2 is 1.66 bits per heavy atom. The fourth-order valence-corrected chi connectivity index (χ4v) is 10.6. The Balaban J connectivity index is 1.36. The van der Waals surface area contributed by atoms with Gasteiger partial charge in [0.05, 0.1) is 31.5 Å². The highest BCUT2D eigenvalue weighted by Gasteiger charge is 2.65. The number of aliphatic hydroxyl groups excluding tert-OH is 2. The van der Waals surface area contributed by atoms with Crippen LogP contribution in [-0.4, -0.2) is 91.2 Å². The fraction of sp³-hybridized carbons (Fsp3) is 0.648. The van der Waals surface area contributed by atoms with Crippen LogP contribution in [-0.2, 0) is 25.6 Å². The molecule has 2 aromatic carbocycles. The number of nitrogens with one attached hydrogen (secondary N) is 1. The molecule has 1 unspecified atom stereocenters. The molecule has 2 amide bonds. The lowest BCUT2D eigenvalue weighted by atomic mass is 9.55. The van der Waals surface area contributed by atoms with Crippen molar-refractivity contribution in [1.82, 2.24) is 10.2 Å². The second-order valence-electron chi connectivity index (χ2n) is 18.8. The first-order chi connectivity index (χ1) is 32.8. The molecule has 67 heavy (non-hydrogen) atoms. The van der Waals surface area contributed by atoms with Crippen molar-refractivity contribution in [2.45, 2.75) is 166 Å². The summed E-state index contributed by atoms with van der Waals surface area (Å²) in [5, 5.41) is 27.7.